The van der Waals surface area contributed by atoms with Crippen molar-refractivity contribution in [2.45, 2.75) is 6.42 Å². The third-order valence-corrected chi connectivity index (χ3v) is 0.707. The van der Waals surface area contributed by atoms with Gasteiger partial charge < -0.3 is 10.2 Å². The van der Waals surface area contributed by atoms with E-state index in [0.717, 1.165) is 6.26 Å². The summed E-state index contributed by atoms with van der Waals surface area (Å²) in [4.78, 5) is 0. The first kappa shape index (κ1) is 6.50. The highest BCUT2D eigenvalue weighted by Crippen LogP contribution is 1.93. The van der Waals surface area contributed by atoms with Crippen LogP contribution in [0.25, 0.3) is 0 Å². The molecule has 0 saturated carbocycles. The molecule has 1 radical (unpaired) electrons. The van der Waals surface area contributed by atoms with Crippen molar-refractivity contribution in [1.82, 2.24) is 0 Å². The van der Waals surface area contributed by atoms with Gasteiger partial charge in [0.1, 0.15) is 0 Å². The average molecular weight is 101 g/mol. The lowest BCUT2D eigenvalue weighted by molar-refractivity contribution is 0.321. The van der Waals surface area contributed by atoms with Gasteiger partial charge in [0.25, 0.3) is 0 Å². The molecule has 0 aromatic rings. The minimum atomic E-state index is -0.0972. The zero-order valence-electron chi connectivity index (χ0n) is 4.09. The fourth-order valence-corrected chi connectivity index (χ4v) is 0.184. The molecule has 0 saturated heterocycles. The molecule has 0 bridgehead atoms. The molecule has 0 aliphatic carbocycles. The van der Waals surface area contributed by atoms with E-state index in [1.165, 1.54) is 0 Å². The van der Waals surface area contributed by atoms with E-state index in [-0.39, 0.29) is 6.61 Å². The van der Waals surface area contributed by atoms with Crippen LogP contribution in [-0.4, -0.2) is 16.8 Å². The van der Waals surface area contributed by atoms with Crippen molar-refractivity contribution in [3.63, 3.8) is 0 Å². The molecule has 0 aliphatic heterocycles. The molecule has 0 unspecified atom stereocenters. The van der Waals surface area contributed by atoms with Crippen LogP contribution in [0.3, 0.4) is 0 Å². The molecule has 0 aliphatic rings. The number of aliphatic hydroxyl groups excluding tert-OH is 2. The zero-order valence-corrected chi connectivity index (χ0v) is 4.09. The van der Waals surface area contributed by atoms with E-state index in [2.05, 4.69) is 6.92 Å². The van der Waals surface area contributed by atoms with Gasteiger partial charge in [0, 0.05) is 0 Å². The topological polar surface area (TPSA) is 40.5 Å². The van der Waals surface area contributed by atoms with Gasteiger partial charge >= 0.3 is 0 Å². The van der Waals surface area contributed by atoms with E-state index >= 15 is 0 Å². The van der Waals surface area contributed by atoms with Gasteiger partial charge in [0.2, 0.25) is 0 Å². The predicted octanol–water partition coefficient (Wildman–Crippen LogP) is 0.645. The van der Waals surface area contributed by atoms with Crippen LogP contribution in [0.4, 0.5) is 0 Å². The van der Waals surface area contributed by atoms with Gasteiger partial charge in [-0.2, -0.15) is 0 Å². The number of rotatable bonds is 2. The highest BCUT2D eigenvalue weighted by molar-refractivity contribution is 4.97. The van der Waals surface area contributed by atoms with Gasteiger partial charge in [-0.15, -0.1) is 0 Å². The monoisotopic (exact) mass is 101 g/mol. The maximum absolute atomic E-state index is 8.26. The zero-order chi connectivity index (χ0) is 5.70. The number of hydrogen-bond donors (Lipinski definition) is 2. The van der Waals surface area contributed by atoms with Gasteiger partial charge in [-0.25, -0.2) is 0 Å². The molecule has 0 fully saturated rings. The van der Waals surface area contributed by atoms with Crippen LogP contribution in [-0.2, 0) is 0 Å². The Kier molecular flexibility index (Phi) is 3.42. The van der Waals surface area contributed by atoms with E-state index < -0.39 is 0 Å². The van der Waals surface area contributed by atoms with Crippen LogP contribution in [0.2, 0.25) is 0 Å². The molecule has 2 heteroatoms. The normalized spacial score (nSPS) is 12.0. The molecule has 0 atom stereocenters. The molecule has 2 nitrogen and oxygen atoms in total. The smallest absolute Gasteiger partial charge is 0.0806 e. The van der Waals surface area contributed by atoms with Gasteiger partial charge in [-0.05, 0) is 18.9 Å². The van der Waals surface area contributed by atoms with Crippen molar-refractivity contribution in [3.8, 4) is 0 Å². The van der Waals surface area contributed by atoms with Crippen molar-refractivity contribution < 1.29 is 10.2 Å². The van der Waals surface area contributed by atoms with Crippen LogP contribution in [0.15, 0.2) is 11.8 Å². The summed E-state index contributed by atoms with van der Waals surface area (Å²) in [5.74, 6) is 0. The SMILES string of the molecule is [CH2]CC(=CO)CO. The fourth-order valence-electron chi connectivity index (χ4n) is 0.184. The number of aliphatic hydroxyl groups is 2. The second-order valence-corrected chi connectivity index (χ2v) is 1.20. The van der Waals surface area contributed by atoms with Crippen LogP contribution < -0.4 is 0 Å². The van der Waals surface area contributed by atoms with Crippen LogP contribution in [0.5, 0.6) is 0 Å². The first-order valence-electron chi connectivity index (χ1n) is 2.07. The quantitative estimate of drug-likeness (QED) is 0.501. The summed E-state index contributed by atoms with van der Waals surface area (Å²) in [5.41, 5.74) is 0.556. The average Bonchev–Trinajstić information content (AvgIpc) is 1.72. The molecule has 0 heterocycles. The first-order valence-corrected chi connectivity index (χ1v) is 2.07. The first-order chi connectivity index (χ1) is 3.35. The summed E-state index contributed by atoms with van der Waals surface area (Å²) in [6, 6.07) is 0. The Hall–Kier alpha value is -0.500. The van der Waals surface area contributed by atoms with Crippen molar-refractivity contribution in [2.24, 2.45) is 0 Å². The molecular weight excluding hydrogens is 92.1 g/mol. The van der Waals surface area contributed by atoms with Crippen LogP contribution in [0.1, 0.15) is 6.42 Å². The largest absolute Gasteiger partial charge is 0.516 e. The van der Waals surface area contributed by atoms with E-state index in [1.54, 1.807) is 0 Å². The minimum absolute atomic E-state index is 0.0972. The Morgan fingerprint density at radius 3 is 2.29 bits per heavy atom. The second kappa shape index (κ2) is 3.68. The molecule has 2 N–H and O–H groups in total. The predicted molar refractivity (Wildman–Crippen MR) is 27.8 cm³/mol. The van der Waals surface area contributed by atoms with Crippen LogP contribution in [0, 0.1) is 6.92 Å². The summed E-state index contributed by atoms with van der Waals surface area (Å²) in [6.45, 7) is 3.34. The Balaban J connectivity index is 3.38. The second-order valence-electron chi connectivity index (χ2n) is 1.20. The molecule has 7 heavy (non-hydrogen) atoms. The third-order valence-electron chi connectivity index (χ3n) is 0.707. The van der Waals surface area contributed by atoms with E-state index in [0.29, 0.717) is 12.0 Å². The molecule has 41 valence electrons. The fraction of sp³-hybridized carbons (Fsp3) is 0.400. The lowest BCUT2D eigenvalue weighted by Gasteiger charge is -1.91. The molecule has 0 spiro atoms. The van der Waals surface area contributed by atoms with E-state index in [9.17, 15) is 0 Å². The molecule has 0 rings (SSSR count). The Morgan fingerprint density at radius 1 is 1.71 bits per heavy atom. The maximum Gasteiger partial charge on any atom is 0.0806 e. The van der Waals surface area contributed by atoms with Crippen molar-refractivity contribution in [1.29, 1.82) is 0 Å². The van der Waals surface area contributed by atoms with Crippen molar-refractivity contribution in [2.75, 3.05) is 6.61 Å². The summed E-state index contributed by atoms with van der Waals surface area (Å²) in [7, 11) is 0. The molecule has 0 aromatic carbocycles. The van der Waals surface area contributed by atoms with Gasteiger partial charge in [0.05, 0.1) is 12.9 Å². The minimum Gasteiger partial charge on any atom is -0.516 e. The molecule has 0 amide bonds. The molecule has 0 aromatic heterocycles. The van der Waals surface area contributed by atoms with Gasteiger partial charge in [0.15, 0.2) is 0 Å². The summed E-state index contributed by atoms with van der Waals surface area (Å²) in [6.07, 6.45) is 1.35. The van der Waals surface area contributed by atoms with E-state index in [1.807, 2.05) is 0 Å². The highest BCUT2D eigenvalue weighted by Gasteiger charge is 1.85. The lowest BCUT2D eigenvalue weighted by atomic mass is 10.2. The summed E-state index contributed by atoms with van der Waals surface area (Å²) in [5, 5.41) is 16.4. The van der Waals surface area contributed by atoms with Crippen molar-refractivity contribution >= 4 is 0 Å². The highest BCUT2D eigenvalue weighted by atomic mass is 16.3. The van der Waals surface area contributed by atoms with Gasteiger partial charge in [-0.1, -0.05) is 0 Å². The van der Waals surface area contributed by atoms with Crippen LogP contribution >= 0.6 is 0 Å². The molecular formula is C5H9O2. The Labute approximate surface area is 43.1 Å². The third kappa shape index (κ3) is 2.23. The number of hydrogen-bond acceptors (Lipinski definition) is 2. The Morgan fingerprint density at radius 2 is 2.29 bits per heavy atom. The maximum atomic E-state index is 8.26. The summed E-state index contributed by atoms with van der Waals surface area (Å²) >= 11 is 0. The van der Waals surface area contributed by atoms with Gasteiger partial charge in [-0.3, -0.25) is 0 Å². The lowest BCUT2D eigenvalue weighted by Crippen LogP contribution is -1.86. The van der Waals surface area contributed by atoms with Crippen molar-refractivity contribution in [3.05, 3.63) is 18.8 Å². The standard InChI is InChI=1S/C5H9O2/c1-2-5(3-6)4-7/h3,6-7H,1-2,4H2. The summed E-state index contributed by atoms with van der Waals surface area (Å²) < 4.78 is 0. The van der Waals surface area contributed by atoms with E-state index in [4.69, 9.17) is 10.2 Å². The Bertz CT molecular complexity index is 60.5.